The first-order valence-electron chi connectivity index (χ1n) is 5.33. The summed E-state index contributed by atoms with van der Waals surface area (Å²) in [5.41, 5.74) is 9.85. The van der Waals surface area contributed by atoms with Gasteiger partial charge in [-0.05, 0) is 36.3 Å². The molecule has 0 bridgehead atoms. The summed E-state index contributed by atoms with van der Waals surface area (Å²) in [5, 5.41) is 0. The molecular weight excluding hydrogens is 170 g/mol. The molecule has 14 heavy (non-hydrogen) atoms. The number of allylic oxidation sites excluding steroid dienone is 2. The van der Waals surface area contributed by atoms with Gasteiger partial charge in [0, 0.05) is 5.70 Å². The Balaban J connectivity index is 2.41. The molecule has 0 fully saturated rings. The van der Waals surface area contributed by atoms with Gasteiger partial charge in [-0.1, -0.05) is 37.3 Å². The largest absolute Gasteiger partial charge is 0.402 e. The van der Waals surface area contributed by atoms with Crippen LogP contribution in [-0.2, 0) is 0 Å². The lowest BCUT2D eigenvalue weighted by Crippen LogP contribution is -2.13. The van der Waals surface area contributed by atoms with Gasteiger partial charge in [0.15, 0.2) is 0 Å². The maximum absolute atomic E-state index is 6.08. The molecule has 0 radical (unpaired) electrons. The number of hydrogen-bond donors (Lipinski definition) is 1. The zero-order chi connectivity index (χ0) is 9.97. The van der Waals surface area contributed by atoms with E-state index in [4.69, 9.17) is 5.73 Å². The minimum Gasteiger partial charge on any atom is -0.402 e. The highest BCUT2D eigenvalue weighted by atomic mass is 14.6. The molecule has 0 spiro atoms. The van der Waals surface area contributed by atoms with E-state index in [1.54, 1.807) is 0 Å². The molecule has 1 aromatic rings. The Morgan fingerprint density at radius 1 is 1.21 bits per heavy atom. The molecule has 0 aromatic heterocycles. The van der Waals surface area contributed by atoms with Crippen molar-refractivity contribution in [3.8, 4) is 0 Å². The second-order valence-electron chi connectivity index (χ2n) is 4.10. The average Bonchev–Trinajstić information content (AvgIpc) is 2.19. The van der Waals surface area contributed by atoms with Gasteiger partial charge in [-0.25, -0.2) is 0 Å². The zero-order valence-corrected chi connectivity index (χ0v) is 8.66. The third-order valence-electron chi connectivity index (χ3n) is 3.01. The molecule has 1 heteroatoms. The first-order chi connectivity index (χ1) is 6.79. The first-order valence-corrected chi connectivity index (χ1v) is 5.33. The predicted octanol–water partition coefficient (Wildman–Crippen LogP) is 3.18. The van der Waals surface area contributed by atoms with Gasteiger partial charge >= 0.3 is 0 Å². The molecule has 1 aromatic carbocycles. The van der Waals surface area contributed by atoms with Gasteiger partial charge in [-0.15, -0.1) is 0 Å². The van der Waals surface area contributed by atoms with Crippen molar-refractivity contribution >= 4 is 5.57 Å². The molecule has 74 valence electrons. The standard InChI is InChI=1S/C13H17N/c1-10-6-5-9-12(14)13(10)11-7-3-2-4-8-11/h2-4,7-8,10H,5-6,9,14H2,1H3. The number of rotatable bonds is 1. The molecule has 1 atom stereocenters. The summed E-state index contributed by atoms with van der Waals surface area (Å²) >= 11 is 0. The van der Waals surface area contributed by atoms with E-state index in [1.807, 2.05) is 6.07 Å². The van der Waals surface area contributed by atoms with Crippen molar-refractivity contribution in [1.29, 1.82) is 0 Å². The molecule has 2 rings (SSSR count). The normalized spacial score (nSPS) is 22.5. The van der Waals surface area contributed by atoms with Crippen LogP contribution in [0.4, 0.5) is 0 Å². The van der Waals surface area contributed by atoms with Gasteiger partial charge in [-0.3, -0.25) is 0 Å². The van der Waals surface area contributed by atoms with Crippen LogP contribution in [0.15, 0.2) is 36.0 Å². The quantitative estimate of drug-likeness (QED) is 0.718. The Bertz CT molecular complexity index is 338. The van der Waals surface area contributed by atoms with E-state index in [1.165, 1.54) is 24.0 Å². The number of hydrogen-bond acceptors (Lipinski definition) is 1. The van der Waals surface area contributed by atoms with Crippen molar-refractivity contribution in [2.75, 3.05) is 0 Å². The molecule has 1 nitrogen and oxygen atoms in total. The summed E-state index contributed by atoms with van der Waals surface area (Å²) in [6, 6.07) is 10.5. The van der Waals surface area contributed by atoms with Crippen LogP contribution in [0.3, 0.4) is 0 Å². The molecule has 2 N–H and O–H groups in total. The summed E-state index contributed by atoms with van der Waals surface area (Å²) in [5.74, 6) is 0.617. The summed E-state index contributed by atoms with van der Waals surface area (Å²) in [4.78, 5) is 0. The fraction of sp³-hybridized carbons (Fsp3) is 0.385. The van der Waals surface area contributed by atoms with E-state index in [0.29, 0.717) is 5.92 Å². The van der Waals surface area contributed by atoms with Crippen molar-refractivity contribution in [3.63, 3.8) is 0 Å². The Morgan fingerprint density at radius 2 is 1.93 bits per heavy atom. The van der Waals surface area contributed by atoms with Crippen LogP contribution in [0.2, 0.25) is 0 Å². The summed E-state index contributed by atoms with van der Waals surface area (Å²) in [6.07, 6.45) is 3.57. The molecule has 0 heterocycles. The van der Waals surface area contributed by atoms with Gasteiger partial charge in [0.25, 0.3) is 0 Å². The van der Waals surface area contributed by atoms with Crippen LogP contribution in [0, 0.1) is 5.92 Å². The molecule has 0 saturated heterocycles. The second-order valence-corrected chi connectivity index (χ2v) is 4.10. The van der Waals surface area contributed by atoms with Crippen molar-refractivity contribution in [1.82, 2.24) is 0 Å². The third kappa shape index (κ3) is 1.67. The minimum absolute atomic E-state index is 0.617. The van der Waals surface area contributed by atoms with Crippen LogP contribution in [0.1, 0.15) is 31.7 Å². The smallest absolute Gasteiger partial charge is 0.0122 e. The maximum atomic E-state index is 6.08. The summed E-state index contributed by atoms with van der Waals surface area (Å²) in [6.45, 7) is 2.27. The van der Waals surface area contributed by atoms with Crippen molar-refractivity contribution in [2.24, 2.45) is 11.7 Å². The minimum atomic E-state index is 0.617. The molecule has 0 saturated carbocycles. The van der Waals surface area contributed by atoms with Gasteiger partial charge in [0.2, 0.25) is 0 Å². The van der Waals surface area contributed by atoms with E-state index in [9.17, 15) is 0 Å². The lowest BCUT2D eigenvalue weighted by atomic mass is 9.83. The SMILES string of the molecule is CC1CCCC(N)=C1c1ccccc1. The van der Waals surface area contributed by atoms with Crippen LogP contribution >= 0.6 is 0 Å². The fourth-order valence-electron chi connectivity index (χ4n) is 2.28. The lowest BCUT2D eigenvalue weighted by molar-refractivity contribution is 0.583. The molecule has 0 amide bonds. The zero-order valence-electron chi connectivity index (χ0n) is 8.66. The topological polar surface area (TPSA) is 26.0 Å². The van der Waals surface area contributed by atoms with Gasteiger partial charge in [-0.2, -0.15) is 0 Å². The van der Waals surface area contributed by atoms with Crippen LogP contribution < -0.4 is 5.73 Å². The molecule has 1 unspecified atom stereocenters. The number of nitrogens with two attached hydrogens (primary N) is 1. The van der Waals surface area contributed by atoms with Crippen molar-refractivity contribution in [3.05, 3.63) is 41.6 Å². The molecular formula is C13H17N. The van der Waals surface area contributed by atoms with Crippen LogP contribution in [-0.4, -0.2) is 0 Å². The van der Waals surface area contributed by atoms with Crippen LogP contribution in [0.5, 0.6) is 0 Å². The molecule has 0 aliphatic heterocycles. The Hall–Kier alpha value is -1.24. The van der Waals surface area contributed by atoms with E-state index < -0.39 is 0 Å². The summed E-state index contributed by atoms with van der Waals surface area (Å²) in [7, 11) is 0. The summed E-state index contributed by atoms with van der Waals surface area (Å²) < 4.78 is 0. The number of benzene rings is 1. The van der Waals surface area contributed by atoms with Crippen molar-refractivity contribution < 1.29 is 0 Å². The lowest BCUT2D eigenvalue weighted by Gasteiger charge is -2.24. The van der Waals surface area contributed by atoms with E-state index in [-0.39, 0.29) is 0 Å². The van der Waals surface area contributed by atoms with Gasteiger partial charge in [0.05, 0.1) is 0 Å². The molecule has 1 aliphatic carbocycles. The maximum Gasteiger partial charge on any atom is 0.0122 e. The Labute approximate surface area is 85.6 Å². The van der Waals surface area contributed by atoms with Gasteiger partial charge in [0.1, 0.15) is 0 Å². The molecule has 1 aliphatic rings. The van der Waals surface area contributed by atoms with Crippen molar-refractivity contribution in [2.45, 2.75) is 26.2 Å². The second kappa shape index (κ2) is 3.87. The van der Waals surface area contributed by atoms with E-state index in [0.717, 1.165) is 12.1 Å². The van der Waals surface area contributed by atoms with E-state index in [2.05, 4.69) is 31.2 Å². The fourth-order valence-corrected chi connectivity index (χ4v) is 2.28. The predicted molar refractivity (Wildman–Crippen MR) is 60.6 cm³/mol. The monoisotopic (exact) mass is 187 g/mol. The van der Waals surface area contributed by atoms with Crippen LogP contribution in [0.25, 0.3) is 5.57 Å². The van der Waals surface area contributed by atoms with Gasteiger partial charge < -0.3 is 5.73 Å². The Morgan fingerprint density at radius 3 is 2.57 bits per heavy atom. The highest BCUT2D eigenvalue weighted by Gasteiger charge is 2.18. The van der Waals surface area contributed by atoms with E-state index >= 15 is 0 Å². The average molecular weight is 187 g/mol. The highest BCUT2D eigenvalue weighted by Crippen LogP contribution is 2.34. The third-order valence-corrected chi connectivity index (χ3v) is 3.01. The highest BCUT2D eigenvalue weighted by molar-refractivity contribution is 5.70. The Kier molecular flexibility index (Phi) is 2.58. The first kappa shape index (κ1) is 9.32.